The maximum absolute atomic E-state index is 11.2. The van der Waals surface area contributed by atoms with Gasteiger partial charge in [-0.05, 0) is 54.5 Å². The van der Waals surface area contributed by atoms with Crippen LogP contribution in [-0.2, 0) is 35.6 Å². The summed E-state index contributed by atoms with van der Waals surface area (Å²) < 4.78 is 6.31. The van der Waals surface area contributed by atoms with Crippen molar-refractivity contribution in [3.63, 3.8) is 0 Å². The molecule has 0 spiro atoms. The van der Waals surface area contributed by atoms with Crippen LogP contribution in [-0.4, -0.2) is 12.5 Å². The fraction of sp³-hybridized carbons (Fsp3) is 0.296. The van der Waals surface area contributed by atoms with Crippen LogP contribution in [0.5, 0.6) is 5.75 Å². The van der Waals surface area contributed by atoms with E-state index < -0.39 is 5.97 Å². The summed E-state index contributed by atoms with van der Waals surface area (Å²) in [4.78, 5) is 17.9. The van der Waals surface area contributed by atoms with E-state index in [9.17, 15) is 4.79 Å². The van der Waals surface area contributed by atoms with Gasteiger partial charge < -0.3 is 14.5 Å². The van der Waals surface area contributed by atoms with Gasteiger partial charge >= 0.3 is 5.97 Å². The van der Waals surface area contributed by atoms with Crippen LogP contribution in [0.25, 0.3) is 0 Å². The van der Waals surface area contributed by atoms with E-state index in [1.54, 1.807) is 0 Å². The van der Waals surface area contributed by atoms with Crippen LogP contribution in [0, 0.1) is 6.92 Å². The monoisotopic (exact) mass is 430 g/mol. The summed E-state index contributed by atoms with van der Waals surface area (Å²) in [6, 6.07) is 23.2. The topological polar surface area (TPSA) is 64.8 Å². The van der Waals surface area contributed by atoms with Crippen molar-refractivity contribution in [2.24, 2.45) is 5.90 Å². The number of para-hydroxylation sites is 1. The summed E-state index contributed by atoms with van der Waals surface area (Å²) >= 11 is 0. The Bertz CT molecular complexity index is 1060. The minimum Gasteiger partial charge on any atom is -0.487 e. The van der Waals surface area contributed by atoms with E-state index in [-0.39, 0.29) is 6.42 Å². The van der Waals surface area contributed by atoms with Gasteiger partial charge in [0.2, 0.25) is 0 Å². The standard InChI is InChI=1S/C27H30N2O3/c1-20-5-2-6-23(17-20)18-29-16-4-8-24-7-3-9-25(27(24)29)31-19-22-12-10-21(11-13-22)14-15-26(30)32-28/h2-3,5-7,9-13,17H,4,8,14-16,18-19,28H2,1H3. The molecule has 2 N–H and O–H groups in total. The van der Waals surface area contributed by atoms with E-state index in [1.807, 2.05) is 24.3 Å². The molecule has 32 heavy (non-hydrogen) atoms. The van der Waals surface area contributed by atoms with Crippen LogP contribution in [0.2, 0.25) is 0 Å². The molecule has 0 saturated heterocycles. The zero-order valence-corrected chi connectivity index (χ0v) is 18.5. The van der Waals surface area contributed by atoms with E-state index in [0.717, 1.165) is 42.8 Å². The normalized spacial score (nSPS) is 12.9. The first-order valence-electron chi connectivity index (χ1n) is 11.1. The first kappa shape index (κ1) is 21.9. The smallest absolute Gasteiger partial charge is 0.324 e. The second-order valence-corrected chi connectivity index (χ2v) is 8.37. The Morgan fingerprint density at radius 3 is 2.56 bits per heavy atom. The molecule has 1 aliphatic rings. The van der Waals surface area contributed by atoms with Crippen molar-refractivity contribution < 1.29 is 14.4 Å². The van der Waals surface area contributed by atoms with E-state index >= 15 is 0 Å². The molecule has 0 amide bonds. The molecule has 0 bridgehead atoms. The van der Waals surface area contributed by atoms with E-state index in [0.29, 0.717) is 13.0 Å². The van der Waals surface area contributed by atoms with Gasteiger partial charge in [0.15, 0.2) is 0 Å². The molecule has 0 fully saturated rings. The second-order valence-electron chi connectivity index (χ2n) is 8.37. The lowest BCUT2D eigenvalue weighted by atomic mass is 10.00. The summed E-state index contributed by atoms with van der Waals surface area (Å²) in [7, 11) is 0. The van der Waals surface area contributed by atoms with Gasteiger partial charge in [-0.3, -0.25) is 4.79 Å². The van der Waals surface area contributed by atoms with Gasteiger partial charge in [-0.2, -0.15) is 5.90 Å². The van der Waals surface area contributed by atoms with Crippen molar-refractivity contribution in [3.05, 3.63) is 94.5 Å². The van der Waals surface area contributed by atoms with Crippen LogP contribution in [0.3, 0.4) is 0 Å². The van der Waals surface area contributed by atoms with Gasteiger partial charge in [0.05, 0.1) is 12.1 Å². The van der Waals surface area contributed by atoms with Crippen LogP contribution < -0.4 is 15.5 Å². The van der Waals surface area contributed by atoms with Crippen LogP contribution in [0.15, 0.2) is 66.7 Å². The minimum absolute atomic E-state index is 0.277. The van der Waals surface area contributed by atoms with Crippen LogP contribution >= 0.6 is 0 Å². The second kappa shape index (κ2) is 10.3. The lowest BCUT2D eigenvalue weighted by molar-refractivity contribution is -0.144. The van der Waals surface area contributed by atoms with Crippen molar-refractivity contribution in [1.29, 1.82) is 0 Å². The average Bonchev–Trinajstić information content (AvgIpc) is 2.82. The number of hydrogen-bond donors (Lipinski definition) is 1. The first-order chi connectivity index (χ1) is 15.6. The van der Waals surface area contributed by atoms with E-state index in [1.165, 1.54) is 22.4 Å². The predicted octanol–water partition coefficient (Wildman–Crippen LogP) is 4.88. The number of nitrogens with two attached hydrogens (primary N) is 1. The fourth-order valence-electron chi connectivity index (χ4n) is 4.27. The van der Waals surface area contributed by atoms with Gasteiger partial charge in [0, 0.05) is 13.1 Å². The first-order valence-corrected chi connectivity index (χ1v) is 11.1. The van der Waals surface area contributed by atoms with Gasteiger partial charge in [0.25, 0.3) is 0 Å². The highest BCUT2D eigenvalue weighted by Gasteiger charge is 2.21. The third-order valence-corrected chi connectivity index (χ3v) is 5.90. The van der Waals surface area contributed by atoms with Gasteiger partial charge in [-0.1, -0.05) is 66.2 Å². The number of aryl methyl sites for hydroxylation is 3. The van der Waals surface area contributed by atoms with Crippen molar-refractivity contribution in [2.45, 2.75) is 45.8 Å². The maximum atomic E-state index is 11.2. The molecule has 166 valence electrons. The number of nitrogens with zero attached hydrogens (tertiary/aromatic N) is 1. The number of carbonyl (C=O) groups is 1. The molecule has 4 rings (SSSR count). The quantitative estimate of drug-likeness (QED) is 0.516. The summed E-state index contributed by atoms with van der Waals surface area (Å²) in [6.45, 7) is 4.55. The van der Waals surface area contributed by atoms with Crippen molar-refractivity contribution in [3.8, 4) is 5.75 Å². The van der Waals surface area contributed by atoms with Gasteiger partial charge in [-0.25, -0.2) is 0 Å². The Morgan fingerprint density at radius 2 is 1.78 bits per heavy atom. The molecule has 5 nitrogen and oxygen atoms in total. The zero-order chi connectivity index (χ0) is 22.3. The van der Waals surface area contributed by atoms with Crippen molar-refractivity contribution >= 4 is 11.7 Å². The Balaban J connectivity index is 1.45. The number of ether oxygens (including phenoxy) is 1. The number of benzene rings is 3. The average molecular weight is 431 g/mol. The molecular formula is C27H30N2O3. The highest BCUT2D eigenvalue weighted by Crippen LogP contribution is 2.37. The SMILES string of the molecule is Cc1cccc(CN2CCCc3cccc(OCc4ccc(CCC(=O)ON)cc4)c32)c1. The molecule has 0 unspecified atom stereocenters. The van der Waals surface area contributed by atoms with Crippen molar-refractivity contribution in [2.75, 3.05) is 11.4 Å². The summed E-state index contributed by atoms with van der Waals surface area (Å²) in [5.74, 6) is 5.43. The number of anilines is 1. The lowest BCUT2D eigenvalue weighted by Crippen LogP contribution is -2.29. The van der Waals surface area contributed by atoms with E-state index in [4.69, 9.17) is 10.6 Å². The summed E-state index contributed by atoms with van der Waals surface area (Å²) in [5, 5.41) is 0. The molecule has 5 heteroatoms. The number of rotatable bonds is 8. The summed E-state index contributed by atoms with van der Waals surface area (Å²) in [6.07, 6.45) is 3.12. The zero-order valence-electron chi connectivity index (χ0n) is 18.5. The maximum Gasteiger partial charge on any atom is 0.324 e. The molecule has 0 aromatic heterocycles. The molecule has 0 radical (unpaired) electrons. The molecular weight excluding hydrogens is 400 g/mol. The highest BCUT2D eigenvalue weighted by molar-refractivity contribution is 5.69. The largest absolute Gasteiger partial charge is 0.487 e. The lowest BCUT2D eigenvalue weighted by Gasteiger charge is -2.33. The predicted molar refractivity (Wildman–Crippen MR) is 126 cm³/mol. The summed E-state index contributed by atoms with van der Waals surface area (Å²) in [5.41, 5.74) is 7.34. The minimum atomic E-state index is -0.401. The van der Waals surface area contributed by atoms with E-state index in [2.05, 4.69) is 59.1 Å². The Morgan fingerprint density at radius 1 is 1.00 bits per heavy atom. The van der Waals surface area contributed by atoms with Crippen molar-refractivity contribution in [1.82, 2.24) is 0 Å². The van der Waals surface area contributed by atoms with Gasteiger partial charge in [-0.15, -0.1) is 0 Å². The highest BCUT2D eigenvalue weighted by atomic mass is 16.7. The Labute approximate surface area is 189 Å². The number of hydrogen-bond acceptors (Lipinski definition) is 5. The fourth-order valence-corrected chi connectivity index (χ4v) is 4.27. The third-order valence-electron chi connectivity index (χ3n) is 5.90. The number of fused-ring (bicyclic) bond motifs is 1. The number of carbonyl (C=O) groups excluding carboxylic acids is 1. The Kier molecular flexibility index (Phi) is 7.07. The molecule has 0 atom stereocenters. The molecule has 3 aromatic rings. The molecule has 0 aliphatic carbocycles. The van der Waals surface area contributed by atoms with Crippen LogP contribution in [0.4, 0.5) is 5.69 Å². The molecule has 3 aromatic carbocycles. The van der Waals surface area contributed by atoms with Crippen LogP contribution in [0.1, 0.15) is 40.7 Å². The molecule has 1 aliphatic heterocycles. The molecule has 0 saturated carbocycles. The third kappa shape index (κ3) is 5.48. The Hall–Kier alpha value is -3.31. The van der Waals surface area contributed by atoms with Gasteiger partial charge in [0.1, 0.15) is 12.4 Å². The molecule has 1 heterocycles.